The number of methoxy groups -OCH3 is 1. The summed E-state index contributed by atoms with van der Waals surface area (Å²) in [6.45, 7) is 4.91. The van der Waals surface area contributed by atoms with Crippen LogP contribution in [0.3, 0.4) is 0 Å². The van der Waals surface area contributed by atoms with E-state index in [9.17, 15) is 9.59 Å². The van der Waals surface area contributed by atoms with Gasteiger partial charge >= 0.3 is 0 Å². The summed E-state index contributed by atoms with van der Waals surface area (Å²) < 4.78 is 5.08. The molecule has 1 aliphatic heterocycles. The Bertz CT molecular complexity index is 499. The van der Waals surface area contributed by atoms with Crippen molar-refractivity contribution in [3.8, 4) is 0 Å². The summed E-state index contributed by atoms with van der Waals surface area (Å²) >= 11 is 0. The number of aliphatic imine (C=N–C) groups is 1. The van der Waals surface area contributed by atoms with Gasteiger partial charge in [0, 0.05) is 60.0 Å². The van der Waals surface area contributed by atoms with Crippen LogP contribution in [0.4, 0.5) is 0 Å². The van der Waals surface area contributed by atoms with Crippen LogP contribution in [0.5, 0.6) is 0 Å². The van der Waals surface area contributed by atoms with E-state index < -0.39 is 0 Å². The van der Waals surface area contributed by atoms with Crippen LogP contribution in [0.2, 0.25) is 0 Å². The maximum absolute atomic E-state index is 11.9. The molecule has 9 heteroatoms. The lowest BCUT2D eigenvalue weighted by atomic mass is 10.3. The molecule has 2 N–H and O–H groups in total. The largest absolute Gasteiger partial charge is 0.383 e. The second kappa shape index (κ2) is 10.3. The first-order valence-electron chi connectivity index (χ1n) is 9.23. The Hall–Kier alpha value is -1.87. The Kier molecular flexibility index (Phi) is 8.11. The Morgan fingerprint density at radius 3 is 2.46 bits per heavy atom. The highest BCUT2D eigenvalue weighted by molar-refractivity contribution is 5.85. The first-order valence-corrected chi connectivity index (χ1v) is 9.23. The van der Waals surface area contributed by atoms with Crippen molar-refractivity contribution in [2.75, 3.05) is 73.6 Å². The standard InChI is InChI=1S/C17H32N6O3/c1-21(2)16(25)12-19-17(18-6-11-26-3)23-9-7-22(8-10-23)13-15(24)20-14-4-5-14/h14H,4-13H2,1-3H3,(H,18,19)(H,20,24). The van der Waals surface area contributed by atoms with Crippen molar-refractivity contribution in [2.24, 2.45) is 4.99 Å². The molecule has 26 heavy (non-hydrogen) atoms. The second-order valence-electron chi connectivity index (χ2n) is 6.95. The summed E-state index contributed by atoms with van der Waals surface area (Å²) in [7, 11) is 5.10. The fourth-order valence-electron chi connectivity index (χ4n) is 2.64. The smallest absolute Gasteiger partial charge is 0.243 e. The molecular formula is C17H32N6O3. The van der Waals surface area contributed by atoms with Gasteiger partial charge in [0.1, 0.15) is 6.54 Å². The molecule has 0 aromatic heterocycles. The highest BCUT2D eigenvalue weighted by atomic mass is 16.5. The van der Waals surface area contributed by atoms with E-state index in [0.717, 1.165) is 45.0 Å². The van der Waals surface area contributed by atoms with E-state index >= 15 is 0 Å². The average molecular weight is 368 g/mol. The van der Waals surface area contributed by atoms with Crippen molar-refractivity contribution in [1.29, 1.82) is 0 Å². The van der Waals surface area contributed by atoms with Crippen molar-refractivity contribution in [3.05, 3.63) is 0 Å². The summed E-state index contributed by atoms with van der Waals surface area (Å²) in [6.07, 6.45) is 2.22. The van der Waals surface area contributed by atoms with Crippen LogP contribution in [0.25, 0.3) is 0 Å². The number of rotatable bonds is 8. The maximum Gasteiger partial charge on any atom is 0.243 e. The minimum absolute atomic E-state index is 0.0357. The summed E-state index contributed by atoms with van der Waals surface area (Å²) in [6, 6.07) is 0.404. The lowest BCUT2D eigenvalue weighted by Gasteiger charge is -2.36. The van der Waals surface area contributed by atoms with Crippen LogP contribution in [0.15, 0.2) is 4.99 Å². The van der Waals surface area contributed by atoms with Gasteiger partial charge in [0.2, 0.25) is 11.8 Å². The van der Waals surface area contributed by atoms with Crippen molar-refractivity contribution >= 4 is 17.8 Å². The van der Waals surface area contributed by atoms with E-state index in [1.54, 1.807) is 21.2 Å². The van der Waals surface area contributed by atoms with Crippen molar-refractivity contribution < 1.29 is 14.3 Å². The summed E-state index contributed by atoms with van der Waals surface area (Å²) in [5.74, 6) is 0.801. The maximum atomic E-state index is 11.9. The third-order valence-corrected chi connectivity index (χ3v) is 4.43. The van der Waals surface area contributed by atoms with Crippen molar-refractivity contribution in [3.63, 3.8) is 0 Å². The number of hydrogen-bond acceptors (Lipinski definition) is 5. The number of nitrogens with zero attached hydrogens (tertiary/aromatic N) is 4. The van der Waals surface area contributed by atoms with E-state index in [1.165, 1.54) is 4.90 Å². The number of ether oxygens (including phenoxy) is 1. The predicted octanol–water partition coefficient (Wildman–Crippen LogP) is -1.44. The molecule has 148 valence electrons. The molecule has 0 aromatic carbocycles. The summed E-state index contributed by atoms with van der Waals surface area (Å²) in [5.41, 5.74) is 0. The zero-order chi connectivity index (χ0) is 18.9. The number of carbonyl (C=O) groups excluding carboxylic acids is 2. The van der Waals surface area contributed by atoms with E-state index in [1.807, 2.05) is 0 Å². The number of hydrogen-bond donors (Lipinski definition) is 2. The molecule has 1 aliphatic carbocycles. The quantitative estimate of drug-likeness (QED) is 0.310. The molecule has 1 saturated heterocycles. The summed E-state index contributed by atoms with van der Waals surface area (Å²) in [5, 5.41) is 6.28. The molecule has 0 spiro atoms. The van der Waals surface area contributed by atoms with Gasteiger partial charge in [-0.15, -0.1) is 0 Å². The Morgan fingerprint density at radius 1 is 1.19 bits per heavy atom. The number of likely N-dealkylation sites (N-methyl/N-ethyl adjacent to an activating group) is 1. The van der Waals surface area contributed by atoms with E-state index in [4.69, 9.17) is 4.74 Å². The van der Waals surface area contributed by atoms with Crippen molar-refractivity contribution in [2.45, 2.75) is 18.9 Å². The fourth-order valence-corrected chi connectivity index (χ4v) is 2.64. The number of amides is 2. The van der Waals surface area contributed by atoms with Crippen LogP contribution >= 0.6 is 0 Å². The Morgan fingerprint density at radius 2 is 1.88 bits per heavy atom. The molecule has 0 unspecified atom stereocenters. The number of guanidine groups is 1. The lowest BCUT2D eigenvalue weighted by molar-refractivity contribution is -0.127. The first kappa shape index (κ1) is 20.4. The number of nitrogens with one attached hydrogen (secondary N) is 2. The Balaban J connectivity index is 1.82. The zero-order valence-corrected chi connectivity index (χ0v) is 16.2. The van der Waals surface area contributed by atoms with E-state index in [-0.39, 0.29) is 18.4 Å². The predicted molar refractivity (Wildman–Crippen MR) is 100 cm³/mol. The fraction of sp³-hybridized carbons (Fsp3) is 0.824. The van der Waals surface area contributed by atoms with E-state index in [0.29, 0.717) is 25.7 Å². The van der Waals surface area contributed by atoms with Gasteiger partial charge in [0.15, 0.2) is 5.96 Å². The van der Waals surface area contributed by atoms with Gasteiger partial charge in [-0.3, -0.25) is 14.5 Å². The highest BCUT2D eigenvalue weighted by Crippen LogP contribution is 2.18. The molecule has 0 atom stereocenters. The SMILES string of the molecule is COCCNC(=NCC(=O)N(C)C)N1CCN(CC(=O)NC2CC2)CC1. The molecular weight excluding hydrogens is 336 g/mol. The molecule has 1 saturated carbocycles. The first-order chi connectivity index (χ1) is 12.5. The minimum Gasteiger partial charge on any atom is -0.383 e. The average Bonchev–Trinajstić information content (AvgIpc) is 3.42. The van der Waals surface area contributed by atoms with E-state index in [2.05, 4.69) is 25.4 Å². The minimum atomic E-state index is -0.0357. The van der Waals surface area contributed by atoms with Gasteiger partial charge in [-0.1, -0.05) is 0 Å². The number of piperazine rings is 1. The van der Waals surface area contributed by atoms with Gasteiger partial charge < -0.3 is 25.2 Å². The normalized spacial score (nSPS) is 18.6. The van der Waals surface area contributed by atoms with Gasteiger partial charge in [0.25, 0.3) is 0 Å². The van der Waals surface area contributed by atoms with Crippen molar-refractivity contribution in [1.82, 2.24) is 25.3 Å². The molecule has 9 nitrogen and oxygen atoms in total. The summed E-state index contributed by atoms with van der Waals surface area (Å²) in [4.78, 5) is 34.0. The van der Waals surface area contributed by atoms with Crippen LogP contribution in [0, 0.1) is 0 Å². The molecule has 2 fully saturated rings. The molecule has 2 rings (SSSR count). The lowest BCUT2D eigenvalue weighted by Crippen LogP contribution is -2.54. The van der Waals surface area contributed by atoms with Gasteiger partial charge in [-0.05, 0) is 12.8 Å². The van der Waals surface area contributed by atoms with Crippen LogP contribution in [-0.2, 0) is 14.3 Å². The molecule has 1 heterocycles. The second-order valence-corrected chi connectivity index (χ2v) is 6.95. The van der Waals surface area contributed by atoms with Gasteiger partial charge in [0.05, 0.1) is 13.2 Å². The number of carbonyl (C=O) groups is 2. The molecule has 2 aliphatic rings. The van der Waals surface area contributed by atoms with Crippen LogP contribution in [0.1, 0.15) is 12.8 Å². The topological polar surface area (TPSA) is 89.5 Å². The molecule has 0 aromatic rings. The van der Waals surface area contributed by atoms with Gasteiger partial charge in [-0.25, -0.2) is 4.99 Å². The third kappa shape index (κ3) is 7.17. The van der Waals surface area contributed by atoms with Crippen LogP contribution in [-0.4, -0.2) is 112 Å². The molecule has 0 radical (unpaired) electrons. The zero-order valence-electron chi connectivity index (χ0n) is 16.2. The van der Waals surface area contributed by atoms with Gasteiger partial charge in [-0.2, -0.15) is 0 Å². The highest BCUT2D eigenvalue weighted by Gasteiger charge is 2.26. The molecule has 2 amide bonds. The monoisotopic (exact) mass is 368 g/mol. The molecule has 0 bridgehead atoms. The Labute approximate surface area is 155 Å². The van der Waals surface area contributed by atoms with Crippen LogP contribution < -0.4 is 10.6 Å². The third-order valence-electron chi connectivity index (χ3n) is 4.43.